The van der Waals surface area contributed by atoms with E-state index in [1.165, 1.54) is 0 Å². The largest absolute Gasteiger partial charge is 0.598 e. The van der Waals surface area contributed by atoms with Gasteiger partial charge in [0.1, 0.15) is 15.1 Å². The van der Waals surface area contributed by atoms with Gasteiger partial charge >= 0.3 is 0 Å². The van der Waals surface area contributed by atoms with Crippen molar-refractivity contribution in [2.75, 3.05) is 6.54 Å². The predicted octanol–water partition coefficient (Wildman–Crippen LogP) is 2.42. The fourth-order valence-electron chi connectivity index (χ4n) is 1.05. The zero-order chi connectivity index (χ0) is 12.2. The Morgan fingerprint density at radius 1 is 1.56 bits per heavy atom. The van der Waals surface area contributed by atoms with Crippen molar-refractivity contribution in [3.8, 4) is 0 Å². The fourth-order valence-corrected chi connectivity index (χ4v) is 2.14. The average molecular weight is 309 g/mol. The van der Waals surface area contributed by atoms with Crippen molar-refractivity contribution in [3.63, 3.8) is 0 Å². The summed E-state index contributed by atoms with van der Waals surface area (Å²) in [6, 6.07) is 1.85. The van der Waals surface area contributed by atoms with E-state index in [1.807, 2.05) is 26.8 Å². The molecule has 0 saturated carbocycles. The molecular formula is C10H17BrN2O2S. The van der Waals surface area contributed by atoms with Crippen LogP contribution in [0.2, 0.25) is 0 Å². The molecule has 0 aliphatic rings. The molecule has 1 N–H and O–H groups in total. The van der Waals surface area contributed by atoms with Gasteiger partial charge in [0.25, 0.3) is 0 Å². The highest BCUT2D eigenvalue weighted by molar-refractivity contribution is 9.10. The molecular weight excluding hydrogens is 292 g/mol. The van der Waals surface area contributed by atoms with Gasteiger partial charge in [-0.25, -0.2) is 0 Å². The van der Waals surface area contributed by atoms with Crippen LogP contribution < -0.4 is 4.72 Å². The van der Waals surface area contributed by atoms with Crippen molar-refractivity contribution in [1.82, 2.24) is 9.88 Å². The van der Waals surface area contributed by atoms with Crippen LogP contribution in [0.4, 0.5) is 0 Å². The lowest BCUT2D eigenvalue weighted by Crippen LogP contribution is -2.39. The molecule has 0 saturated heterocycles. The molecule has 0 spiro atoms. The normalized spacial score (nSPS) is 14.1. The first-order valence-electron chi connectivity index (χ1n) is 5.16. The third-order valence-corrected chi connectivity index (χ3v) is 3.87. The summed E-state index contributed by atoms with van der Waals surface area (Å²) in [5.74, 6) is 0.843. The topological polar surface area (TPSA) is 61.1 Å². The zero-order valence-electron chi connectivity index (χ0n) is 9.75. The van der Waals surface area contributed by atoms with Gasteiger partial charge in [-0.05, 0) is 43.1 Å². The number of hydrogen-bond acceptors (Lipinski definition) is 4. The Bertz CT molecular complexity index is 325. The van der Waals surface area contributed by atoms with Crippen LogP contribution >= 0.6 is 15.9 Å². The van der Waals surface area contributed by atoms with E-state index in [0.29, 0.717) is 11.1 Å². The quantitative estimate of drug-likeness (QED) is 0.670. The van der Waals surface area contributed by atoms with Crippen LogP contribution in [-0.2, 0) is 17.8 Å². The smallest absolute Gasteiger partial charge is 0.149 e. The van der Waals surface area contributed by atoms with Crippen LogP contribution in [0.25, 0.3) is 0 Å². The maximum Gasteiger partial charge on any atom is 0.149 e. The predicted molar refractivity (Wildman–Crippen MR) is 68.4 cm³/mol. The summed E-state index contributed by atoms with van der Waals surface area (Å²) < 4.78 is 20.2. The molecule has 0 amide bonds. The molecule has 0 radical (unpaired) electrons. The molecule has 0 bridgehead atoms. The lowest BCUT2D eigenvalue weighted by atomic mass is 10.2. The number of aryl methyl sites for hydroxylation is 1. The second kappa shape index (κ2) is 6.05. The second-order valence-corrected chi connectivity index (χ2v) is 7.36. The van der Waals surface area contributed by atoms with Gasteiger partial charge in [0.2, 0.25) is 0 Å². The Kier molecular flexibility index (Phi) is 5.30. The monoisotopic (exact) mass is 308 g/mol. The van der Waals surface area contributed by atoms with E-state index < -0.39 is 11.4 Å². The van der Waals surface area contributed by atoms with E-state index in [2.05, 4.69) is 25.8 Å². The maximum absolute atomic E-state index is 11.6. The first-order chi connectivity index (χ1) is 7.39. The first kappa shape index (κ1) is 14.0. The minimum atomic E-state index is -0.995. The van der Waals surface area contributed by atoms with Gasteiger partial charge in [-0.2, -0.15) is 0 Å². The van der Waals surface area contributed by atoms with Gasteiger partial charge in [-0.1, -0.05) is 5.16 Å². The van der Waals surface area contributed by atoms with Crippen LogP contribution in [0, 0.1) is 0 Å². The minimum absolute atomic E-state index is 0.213. The van der Waals surface area contributed by atoms with Crippen molar-refractivity contribution in [1.29, 1.82) is 0 Å². The second-order valence-electron chi connectivity index (χ2n) is 4.49. The molecule has 1 aromatic heterocycles. The van der Waals surface area contributed by atoms with Gasteiger partial charge in [0.05, 0.1) is 0 Å². The average Bonchev–Trinajstić information content (AvgIpc) is 2.57. The van der Waals surface area contributed by atoms with Gasteiger partial charge in [-0.15, -0.1) is 4.72 Å². The molecule has 0 aliphatic carbocycles. The number of halogens is 1. The summed E-state index contributed by atoms with van der Waals surface area (Å²) in [7, 11) is 0. The first-order valence-corrected chi connectivity index (χ1v) is 7.10. The summed E-state index contributed by atoms with van der Waals surface area (Å²) in [5.41, 5.74) is 0. The van der Waals surface area contributed by atoms with Crippen molar-refractivity contribution < 1.29 is 9.08 Å². The molecule has 6 heteroatoms. The van der Waals surface area contributed by atoms with Gasteiger partial charge in [-0.3, -0.25) is 0 Å². The summed E-state index contributed by atoms with van der Waals surface area (Å²) >= 11 is 2.23. The van der Waals surface area contributed by atoms with Crippen LogP contribution in [0.15, 0.2) is 15.2 Å². The Hall–Kier alpha value is -0.0400. The van der Waals surface area contributed by atoms with E-state index in [0.717, 1.165) is 18.6 Å². The van der Waals surface area contributed by atoms with E-state index in [4.69, 9.17) is 4.52 Å². The van der Waals surface area contributed by atoms with Crippen LogP contribution in [0.5, 0.6) is 0 Å². The summed E-state index contributed by atoms with van der Waals surface area (Å²) in [4.78, 5) is 0. The Balaban J connectivity index is 2.17. The van der Waals surface area contributed by atoms with E-state index in [1.54, 1.807) is 0 Å². The number of nitrogens with zero attached hydrogens (tertiary/aromatic N) is 1. The molecule has 0 aromatic carbocycles. The maximum atomic E-state index is 11.6. The third kappa shape index (κ3) is 4.86. The SMILES string of the molecule is CC(C)(C)[S@@+]([O-])NCCCc1cc(Br)no1. The Morgan fingerprint density at radius 2 is 2.25 bits per heavy atom. The lowest BCUT2D eigenvalue weighted by Gasteiger charge is -2.23. The van der Waals surface area contributed by atoms with E-state index in [9.17, 15) is 4.55 Å². The molecule has 0 fully saturated rings. The van der Waals surface area contributed by atoms with Crippen molar-refractivity contribution in [2.45, 2.75) is 38.4 Å². The van der Waals surface area contributed by atoms with Crippen molar-refractivity contribution >= 4 is 27.3 Å². The third-order valence-electron chi connectivity index (χ3n) is 1.92. The van der Waals surface area contributed by atoms with Gasteiger partial charge in [0.15, 0.2) is 0 Å². The molecule has 1 aromatic rings. The van der Waals surface area contributed by atoms with Gasteiger partial charge < -0.3 is 9.08 Å². The molecule has 0 unspecified atom stereocenters. The highest BCUT2D eigenvalue weighted by atomic mass is 79.9. The standard InChI is InChI=1S/C10H17BrN2O2S/c1-10(2,3)16(14)12-6-4-5-8-7-9(11)13-15-8/h7,12H,4-6H2,1-3H3/t16-/m1/s1. The summed E-state index contributed by atoms with van der Waals surface area (Å²) in [6.07, 6.45) is 1.68. The zero-order valence-corrected chi connectivity index (χ0v) is 12.2. The fraction of sp³-hybridized carbons (Fsp3) is 0.700. The number of aromatic nitrogens is 1. The highest BCUT2D eigenvalue weighted by Gasteiger charge is 2.25. The molecule has 92 valence electrons. The Labute approximate surface area is 108 Å². The molecule has 1 heterocycles. The van der Waals surface area contributed by atoms with Crippen LogP contribution in [0.1, 0.15) is 33.0 Å². The van der Waals surface area contributed by atoms with Crippen molar-refractivity contribution in [2.24, 2.45) is 0 Å². The highest BCUT2D eigenvalue weighted by Crippen LogP contribution is 2.14. The van der Waals surface area contributed by atoms with E-state index >= 15 is 0 Å². The number of nitrogens with one attached hydrogen (secondary N) is 1. The lowest BCUT2D eigenvalue weighted by molar-refractivity contribution is 0.377. The number of rotatable bonds is 5. The minimum Gasteiger partial charge on any atom is -0.598 e. The van der Waals surface area contributed by atoms with Crippen LogP contribution in [0.3, 0.4) is 0 Å². The number of hydrogen-bond donors (Lipinski definition) is 1. The molecule has 1 rings (SSSR count). The Morgan fingerprint density at radius 3 is 2.75 bits per heavy atom. The summed E-state index contributed by atoms with van der Waals surface area (Å²) in [5, 5.41) is 3.73. The van der Waals surface area contributed by atoms with E-state index in [-0.39, 0.29) is 4.75 Å². The molecule has 1 atom stereocenters. The van der Waals surface area contributed by atoms with Crippen molar-refractivity contribution in [3.05, 3.63) is 16.4 Å². The van der Waals surface area contributed by atoms with Gasteiger partial charge in [0, 0.05) is 30.4 Å². The molecule has 4 nitrogen and oxygen atoms in total. The van der Waals surface area contributed by atoms with Crippen LogP contribution in [-0.4, -0.2) is 21.0 Å². The summed E-state index contributed by atoms with van der Waals surface area (Å²) in [6.45, 7) is 6.55. The molecule has 16 heavy (non-hydrogen) atoms. The molecule has 0 aliphatic heterocycles.